The molecule has 0 rings (SSSR count). The Hall–Kier alpha value is -1.88. The number of hydrogen-bond acceptors (Lipinski definition) is 6. The largest absolute Gasteiger partial charge is 0.387 e. The number of carbonyl (C=O) groups excluding carboxylic acids is 4. The molecular formula is C14H28N4O6+2. The van der Waals surface area contributed by atoms with Gasteiger partial charge in [-0.1, -0.05) is 0 Å². The highest BCUT2D eigenvalue weighted by molar-refractivity contribution is 6.77. The molecule has 0 aromatic heterocycles. The summed E-state index contributed by atoms with van der Waals surface area (Å²) in [5.74, 6) is -5.47. The minimum absolute atomic E-state index is 0.109. The van der Waals surface area contributed by atoms with Gasteiger partial charge in [0.05, 0.1) is 28.2 Å². The van der Waals surface area contributed by atoms with Crippen LogP contribution in [0.4, 0.5) is 0 Å². The molecule has 138 valence electrons. The molecule has 0 aromatic carbocycles. The maximum absolute atomic E-state index is 11.8. The summed E-state index contributed by atoms with van der Waals surface area (Å²) < 4.78 is -0.471. The first-order valence-electron chi connectivity index (χ1n) is 7.42. The molecule has 0 radical (unpaired) electrons. The van der Waals surface area contributed by atoms with Crippen molar-refractivity contribution in [2.24, 2.45) is 0 Å². The molecule has 0 saturated carbocycles. The molecule has 4 N–H and O–H groups in total. The Balaban J connectivity index is 4.84. The molecule has 0 aliphatic carbocycles. The standard InChI is InChI=1S/C14H26N4O6/c1-9(19)7-17(3,4)15-13(23)11(21)12(22)14(24)16-18(5,6)8-10(2)20/h9-10,19-20H,7-8H2,1-6H3/p+2. The fourth-order valence-electron chi connectivity index (χ4n) is 2.27. The molecule has 0 heterocycles. The lowest BCUT2D eigenvalue weighted by molar-refractivity contribution is -0.927. The van der Waals surface area contributed by atoms with Crippen molar-refractivity contribution in [3.05, 3.63) is 0 Å². The van der Waals surface area contributed by atoms with Gasteiger partial charge in [0.1, 0.15) is 25.3 Å². The number of Topliss-reactive ketones (excluding diaryl/α,β-unsaturated/α-hetero) is 2. The zero-order chi connectivity index (χ0) is 19.3. The second-order valence-corrected chi connectivity index (χ2v) is 6.97. The number of nitrogens with one attached hydrogen (secondary N) is 2. The second kappa shape index (κ2) is 8.29. The van der Waals surface area contributed by atoms with E-state index in [1.54, 1.807) is 0 Å². The van der Waals surface area contributed by atoms with Gasteiger partial charge < -0.3 is 10.2 Å². The van der Waals surface area contributed by atoms with Crippen LogP contribution in [0, 0.1) is 0 Å². The van der Waals surface area contributed by atoms with E-state index in [1.807, 2.05) is 0 Å². The van der Waals surface area contributed by atoms with E-state index in [0.29, 0.717) is 0 Å². The van der Waals surface area contributed by atoms with Crippen molar-refractivity contribution in [1.29, 1.82) is 0 Å². The van der Waals surface area contributed by atoms with Crippen LogP contribution in [0.5, 0.6) is 0 Å². The molecule has 24 heavy (non-hydrogen) atoms. The summed E-state index contributed by atoms with van der Waals surface area (Å²) in [6.45, 7) is 3.24. The van der Waals surface area contributed by atoms with Crippen LogP contribution in [0.15, 0.2) is 0 Å². The number of aliphatic hydroxyl groups excluding tert-OH is 2. The van der Waals surface area contributed by atoms with Gasteiger partial charge in [0.15, 0.2) is 0 Å². The molecule has 10 nitrogen and oxygen atoms in total. The third kappa shape index (κ3) is 8.11. The summed E-state index contributed by atoms with van der Waals surface area (Å²) in [5, 5.41) is 18.7. The second-order valence-electron chi connectivity index (χ2n) is 6.97. The normalized spacial score (nSPS) is 14.5. The van der Waals surface area contributed by atoms with Crippen molar-refractivity contribution in [2.45, 2.75) is 26.1 Å². The van der Waals surface area contributed by atoms with E-state index in [-0.39, 0.29) is 22.3 Å². The van der Waals surface area contributed by atoms with Gasteiger partial charge in [-0.2, -0.15) is 10.9 Å². The maximum Gasteiger partial charge on any atom is 0.340 e. The van der Waals surface area contributed by atoms with E-state index in [1.165, 1.54) is 42.0 Å². The molecule has 0 aromatic rings. The van der Waals surface area contributed by atoms with Crippen LogP contribution >= 0.6 is 0 Å². The Kier molecular flexibility index (Phi) is 7.64. The van der Waals surface area contributed by atoms with E-state index in [9.17, 15) is 29.4 Å². The fraction of sp³-hybridized carbons (Fsp3) is 0.714. The Labute approximate surface area is 141 Å². The molecular weight excluding hydrogens is 320 g/mol. The van der Waals surface area contributed by atoms with E-state index >= 15 is 0 Å². The van der Waals surface area contributed by atoms with Gasteiger partial charge in [0, 0.05) is 0 Å². The molecule has 0 fully saturated rings. The molecule has 10 heteroatoms. The van der Waals surface area contributed by atoms with Crippen LogP contribution in [0.2, 0.25) is 0 Å². The molecule has 0 aliphatic rings. The first-order valence-corrected chi connectivity index (χ1v) is 7.42. The Morgan fingerprint density at radius 1 is 0.750 bits per heavy atom. The van der Waals surface area contributed by atoms with Gasteiger partial charge in [0.25, 0.3) is 0 Å². The smallest absolute Gasteiger partial charge is 0.340 e. The minimum atomic E-state index is -1.50. The summed E-state index contributed by atoms with van der Waals surface area (Å²) in [6.07, 6.45) is -1.49. The average molecular weight is 348 g/mol. The van der Waals surface area contributed by atoms with Gasteiger partial charge in [-0.05, 0) is 13.8 Å². The third-order valence-corrected chi connectivity index (χ3v) is 2.87. The van der Waals surface area contributed by atoms with E-state index in [2.05, 4.69) is 10.9 Å². The number of carbonyl (C=O) groups is 4. The number of likely N-dealkylation sites (N-methyl/N-ethyl adjacent to an activating group) is 2. The number of nitrogens with zero attached hydrogens (tertiary/aromatic N) is 2. The summed E-state index contributed by atoms with van der Waals surface area (Å²) in [7, 11) is 6.08. The number of quaternary nitrogens is 2. The van der Waals surface area contributed by atoms with Crippen molar-refractivity contribution in [1.82, 2.24) is 10.9 Å². The van der Waals surface area contributed by atoms with Crippen LogP contribution < -0.4 is 10.9 Å². The minimum Gasteiger partial charge on any atom is -0.387 e. The van der Waals surface area contributed by atoms with Gasteiger partial charge in [0.2, 0.25) is 0 Å². The lowest BCUT2D eigenvalue weighted by Gasteiger charge is -2.30. The number of rotatable bonds is 9. The summed E-state index contributed by atoms with van der Waals surface area (Å²) in [6, 6.07) is 0. The Morgan fingerprint density at radius 3 is 1.21 bits per heavy atom. The molecule has 2 unspecified atom stereocenters. The van der Waals surface area contributed by atoms with Crippen molar-refractivity contribution >= 4 is 23.4 Å². The Morgan fingerprint density at radius 2 is 1.00 bits per heavy atom. The number of aliphatic hydroxyl groups is 2. The molecule has 0 aliphatic heterocycles. The predicted octanol–water partition coefficient (Wildman–Crippen LogP) is -2.90. The SMILES string of the molecule is CC(O)C[N+](C)(C)NC(=O)C(=O)C(=O)C(=O)N[N+](C)(C)CC(C)O. The molecule has 0 saturated heterocycles. The first-order chi connectivity index (χ1) is 10.7. The van der Waals surface area contributed by atoms with Crippen LogP contribution in [0.25, 0.3) is 0 Å². The highest BCUT2D eigenvalue weighted by Crippen LogP contribution is 1.97. The van der Waals surface area contributed by atoms with E-state index in [0.717, 1.165) is 0 Å². The predicted molar refractivity (Wildman–Crippen MR) is 83.6 cm³/mol. The lowest BCUT2D eigenvalue weighted by atomic mass is 10.2. The maximum atomic E-state index is 11.8. The lowest BCUT2D eigenvalue weighted by Crippen LogP contribution is -2.62. The summed E-state index contributed by atoms with van der Waals surface area (Å²) in [5.41, 5.74) is 4.52. The third-order valence-electron chi connectivity index (χ3n) is 2.87. The fourth-order valence-corrected chi connectivity index (χ4v) is 2.27. The highest BCUT2D eigenvalue weighted by Gasteiger charge is 2.36. The van der Waals surface area contributed by atoms with Crippen molar-refractivity contribution in [3.8, 4) is 0 Å². The van der Waals surface area contributed by atoms with Crippen molar-refractivity contribution in [2.75, 3.05) is 41.3 Å². The van der Waals surface area contributed by atoms with Gasteiger partial charge in [-0.3, -0.25) is 19.2 Å². The zero-order valence-corrected chi connectivity index (χ0v) is 15.0. The zero-order valence-electron chi connectivity index (χ0n) is 15.0. The van der Waals surface area contributed by atoms with Crippen LogP contribution in [0.3, 0.4) is 0 Å². The average Bonchev–Trinajstić information content (AvgIpc) is 2.31. The topological polar surface area (TPSA) is 133 Å². The quantitative estimate of drug-likeness (QED) is 0.153. The number of hydrogen-bond donors (Lipinski definition) is 4. The molecule has 2 amide bonds. The number of ketones is 2. The van der Waals surface area contributed by atoms with Crippen molar-refractivity contribution < 1.29 is 38.6 Å². The van der Waals surface area contributed by atoms with Gasteiger partial charge in [-0.15, -0.1) is 0 Å². The molecule has 0 spiro atoms. The monoisotopic (exact) mass is 348 g/mol. The van der Waals surface area contributed by atoms with E-state index in [4.69, 9.17) is 0 Å². The molecule has 0 bridgehead atoms. The van der Waals surface area contributed by atoms with Crippen LogP contribution in [0.1, 0.15) is 13.8 Å². The van der Waals surface area contributed by atoms with Gasteiger partial charge in [-0.25, -0.2) is 9.18 Å². The first kappa shape index (κ1) is 22.1. The summed E-state index contributed by atoms with van der Waals surface area (Å²) in [4.78, 5) is 47.3. The summed E-state index contributed by atoms with van der Waals surface area (Å²) >= 11 is 0. The highest BCUT2D eigenvalue weighted by atomic mass is 16.3. The molecule has 2 atom stereocenters. The van der Waals surface area contributed by atoms with Crippen LogP contribution in [-0.4, -0.2) is 96.3 Å². The van der Waals surface area contributed by atoms with Crippen LogP contribution in [-0.2, 0) is 19.2 Å². The Bertz CT molecular complexity index is 467. The van der Waals surface area contributed by atoms with Crippen molar-refractivity contribution in [3.63, 3.8) is 0 Å². The van der Waals surface area contributed by atoms with Gasteiger partial charge >= 0.3 is 23.4 Å². The van der Waals surface area contributed by atoms with E-state index < -0.39 is 35.6 Å². The number of amides is 2.